The van der Waals surface area contributed by atoms with Crippen molar-refractivity contribution in [3.63, 3.8) is 0 Å². The molecule has 2 aromatic rings. The zero-order chi connectivity index (χ0) is 17.5. The van der Waals surface area contributed by atoms with Crippen LogP contribution in [0.2, 0.25) is 0 Å². The molecule has 24 heavy (non-hydrogen) atoms. The first-order chi connectivity index (χ1) is 11.5. The Kier molecular flexibility index (Phi) is 6.56. The van der Waals surface area contributed by atoms with Gasteiger partial charge in [0, 0.05) is 19.5 Å². The van der Waals surface area contributed by atoms with Gasteiger partial charge in [-0.05, 0) is 18.4 Å². The molecule has 3 N–H and O–H groups in total. The second kappa shape index (κ2) is 8.65. The number of nitrogens with one attached hydrogen (secondary N) is 1. The Morgan fingerprint density at radius 2 is 2.33 bits per heavy atom. The molecule has 128 valence electrons. The highest BCUT2D eigenvalue weighted by Gasteiger charge is 2.21. The Hall–Kier alpha value is -2.13. The number of hydrogen-bond acceptors (Lipinski definition) is 6. The molecule has 2 rings (SSSR count). The maximum Gasteiger partial charge on any atom is 0.233 e. The molecule has 2 amide bonds. The lowest BCUT2D eigenvalue weighted by Crippen LogP contribution is -2.31. The van der Waals surface area contributed by atoms with Gasteiger partial charge in [0.05, 0.1) is 10.1 Å². The van der Waals surface area contributed by atoms with Gasteiger partial charge in [-0.1, -0.05) is 23.9 Å². The molecule has 0 saturated heterocycles. The van der Waals surface area contributed by atoms with E-state index in [1.54, 1.807) is 13.0 Å². The molecule has 0 radical (unpaired) electrons. The number of amides is 2. The molecule has 0 fully saturated rings. The summed E-state index contributed by atoms with van der Waals surface area (Å²) in [7, 11) is 0. The zero-order valence-corrected chi connectivity index (χ0v) is 14.9. The lowest BCUT2D eigenvalue weighted by molar-refractivity contribution is -0.120. The summed E-state index contributed by atoms with van der Waals surface area (Å²) in [5.41, 5.74) is 5.26. The van der Waals surface area contributed by atoms with Gasteiger partial charge >= 0.3 is 0 Å². The number of carbonyl (C=O) groups excluding carboxylic acids is 2. The highest BCUT2D eigenvalue weighted by atomic mass is 32.2. The lowest BCUT2D eigenvalue weighted by atomic mass is 10.4. The predicted molar refractivity (Wildman–Crippen MR) is 95.7 cm³/mol. The van der Waals surface area contributed by atoms with Crippen LogP contribution >= 0.6 is 23.1 Å². The van der Waals surface area contributed by atoms with E-state index in [0.717, 1.165) is 4.88 Å². The number of nitrogens with two attached hydrogens (primary N) is 1. The summed E-state index contributed by atoms with van der Waals surface area (Å²) in [6.07, 6.45) is 1.81. The third-order valence-corrected chi connectivity index (χ3v) is 5.06. The first kappa shape index (κ1) is 18.2. The fraction of sp³-hybridized carbons (Fsp3) is 0.333. The molecule has 1 unspecified atom stereocenters. The summed E-state index contributed by atoms with van der Waals surface area (Å²) in [6, 6.07) is 3.86. The van der Waals surface area contributed by atoms with Crippen molar-refractivity contribution in [3.8, 4) is 10.7 Å². The number of thiophene rings is 1. The second-order valence-corrected chi connectivity index (χ2v) is 7.20. The van der Waals surface area contributed by atoms with Gasteiger partial charge in [-0.2, -0.15) is 0 Å². The molecule has 9 heteroatoms. The summed E-state index contributed by atoms with van der Waals surface area (Å²) in [6.45, 7) is 6.15. The van der Waals surface area contributed by atoms with Crippen LogP contribution in [0.4, 0.5) is 0 Å². The van der Waals surface area contributed by atoms with E-state index in [4.69, 9.17) is 5.73 Å². The predicted octanol–water partition coefficient (Wildman–Crippen LogP) is 1.66. The molecule has 2 heterocycles. The lowest BCUT2D eigenvalue weighted by Gasteiger charge is -2.12. The minimum Gasteiger partial charge on any atom is -0.370 e. The van der Waals surface area contributed by atoms with Gasteiger partial charge in [-0.3, -0.25) is 9.59 Å². The van der Waals surface area contributed by atoms with Crippen LogP contribution in [0.1, 0.15) is 13.3 Å². The number of thioether (sulfide) groups is 1. The van der Waals surface area contributed by atoms with E-state index >= 15 is 0 Å². The van der Waals surface area contributed by atoms with Crippen molar-refractivity contribution in [2.24, 2.45) is 5.73 Å². The van der Waals surface area contributed by atoms with Gasteiger partial charge in [0.2, 0.25) is 11.8 Å². The van der Waals surface area contributed by atoms with Gasteiger partial charge in [0.25, 0.3) is 0 Å². The molecule has 0 aromatic carbocycles. The molecule has 7 nitrogen and oxygen atoms in total. The first-order valence-corrected chi connectivity index (χ1v) is 9.09. The van der Waals surface area contributed by atoms with Gasteiger partial charge in [-0.25, -0.2) is 0 Å². The standard InChI is InChI=1S/C15H19N5O2S2/c1-3-7-17-14(22)10(2)24-15-19-18-13(11-5-4-9-23-11)20(15)8-6-12(16)21/h3-5,9-10H,1,6-8H2,2H3,(H2,16,21)(H,17,22). The van der Waals surface area contributed by atoms with Crippen LogP contribution in [0.3, 0.4) is 0 Å². The minimum absolute atomic E-state index is 0.109. The number of carbonyl (C=O) groups is 2. The number of aromatic nitrogens is 3. The third-order valence-electron chi connectivity index (χ3n) is 3.11. The van der Waals surface area contributed by atoms with E-state index in [2.05, 4.69) is 22.1 Å². The third kappa shape index (κ3) is 4.68. The molecule has 0 saturated carbocycles. The number of nitrogens with zero attached hydrogens (tertiary/aromatic N) is 3. The minimum atomic E-state index is -0.395. The Morgan fingerprint density at radius 3 is 2.96 bits per heavy atom. The highest BCUT2D eigenvalue weighted by Crippen LogP contribution is 2.29. The van der Waals surface area contributed by atoms with Crippen LogP contribution in [-0.4, -0.2) is 38.4 Å². The average molecular weight is 365 g/mol. The fourth-order valence-corrected chi connectivity index (χ4v) is 3.53. The largest absolute Gasteiger partial charge is 0.370 e. The molecule has 2 aromatic heterocycles. The summed E-state index contributed by atoms with van der Waals surface area (Å²) >= 11 is 2.83. The molecule has 1 atom stereocenters. The molecule has 0 spiro atoms. The molecule has 0 aliphatic carbocycles. The Labute approximate surface area is 148 Å². The smallest absolute Gasteiger partial charge is 0.233 e. The van der Waals surface area contributed by atoms with E-state index in [1.165, 1.54) is 23.1 Å². The monoisotopic (exact) mass is 365 g/mol. The zero-order valence-electron chi connectivity index (χ0n) is 13.3. The van der Waals surface area contributed by atoms with Crippen LogP contribution in [0.25, 0.3) is 10.7 Å². The molecular weight excluding hydrogens is 346 g/mol. The summed E-state index contributed by atoms with van der Waals surface area (Å²) in [5, 5.41) is 13.3. The molecule has 0 aliphatic heterocycles. The quantitative estimate of drug-likeness (QED) is 0.520. The van der Waals surface area contributed by atoms with Crippen molar-refractivity contribution >= 4 is 34.9 Å². The van der Waals surface area contributed by atoms with Gasteiger partial charge < -0.3 is 15.6 Å². The van der Waals surface area contributed by atoms with Crippen molar-refractivity contribution in [3.05, 3.63) is 30.2 Å². The van der Waals surface area contributed by atoms with Crippen molar-refractivity contribution in [1.82, 2.24) is 20.1 Å². The molecule has 0 bridgehead atoms. The molecule has 0 aliphatic rings. The van der Waals surface area contributed by atoms with Gasteiger partial charge in [0.15, 0.2) is 11.0 Å². The van der Waals surface area contributed by atoms with E-state index in [-0.39, 0.29) is 17.6 Å². The maximum atomic E-state index is 12.0. The van der Waals surface area contributed by atoms with Crippen molar-refractivity contribution in [2.75, 3.05) is 6.54 Å². The van der Waals surface area contributed by atoms with E-state index in [9.17, 15) is 9.59 Å². The Morgan fingerprint density at radius 1 is 1.54 bits per heavy atom. The average Bonchev–Trinajstić information content (AvgIpc) is 3.19. The van der Waals surface area contributed by atoms with E-state index in [0.29, 0.717) is 24.1 Å². The van der Waals surface area contributed by atoms with Gasteiger partial charge in [-0.15, -0.1) is 28.1 Å². The maximum absolute atomic E-state index is 12.0. The Balaban J connectivity index is 2.20. The van der Waals surface area contributed by atoms with Crippen LogP contribution in [0.15, 0.2) is 35.3 Å². The normalized spacial score (nSPS) is 11.9. The van der Waals surface area contributed by atoms with E-state index < -0.39 is 5.91 Å². The van der Waals surface area contributed by atoms with Crippen LogP contribution < -0.4 is 11.1 Å². The SMILES string of the molecule is C=CCNC(=O)C(C)Sc1nnc(-c2cccs2)n1CCC(N)=O. The van der Waals surface area contributed by atoms with Crippen LogP contribution in [-0.2, 0) is 16.1 Å². The number of hydrogen-bond donors (Lipinski definition) is 2. The van der Waals surface area contributed by atoms with E-state index in [1.807, 2.05) is 22.1 Å². The van der Waals surface area contributed by atoms with Crippen molar-refractivity contribution in [2.45, 2.75) is 30.3 Å². The molecular formula is C15H19N5O2S2. The van der Waals surface area contributed by atoms with Crippen LogP contribution in [0, 0.1) is 0 Å². The summed E-state index contributed by atoms with van der Waals surface area (Å²) < 4.78 is 1.83. The fourth-order valence-electron chi connectivity index (χ4n) is 1.92. The van der Waals surface area contributed by atoms with Gasteiger partial charge in [0.1, 0.15) is 0 Å². The highest BCUT2D eigenvalue weighted by molar-refractivity contribution is 8.00. The van der Waals surface area contributed by atoms with Crippen LogP contribution in [0.5, 0.6) is 0 Å². The summed E-state index contributed by atoms with van der Waals surface area (Å²) in [4.78, 5) is 24.1. The second-order valence-electron chi connectivity index (χ2n) is 4.95. The number of rotatable bonds is 9. The topological polar surface area (TPSA) is 103 Å². The Bertz CT molecular complexity index is 712. The first-order valence-electron chi connectivity index (χ1n) is 7.33. The number of primary amides is 1. The van der Waals surface area contributed by atoms with Crippen molar-refractivity contribution < 1.29 is 9.59 Å². The van der Waals surface area contributed by atoms with Crippen molar-refractivity contribution in [1.29, 1.82) is 0 Å². The summed E-state index contributed by atoms with van der Waals surface area (Å²) in [5.74, 6) is 0.169.